The molecule has 1 aliphatic heterocycles. The molecule has 1 fully saturated rings. The zero-order chi connectivity index (χ0) is 22.2. The van der Waals surface area contributed by atoms with E-state index in [1.54, 1.807) is 32.1 Å². The van der Waals surface area contributed by atoms with Crippen molar-refractivity contribution in [1.29, 1.82) is 0 Å². The predicted octanol–water partition coefficient (Wildman–Crippen LogP) is 4.13. The number of para-hydroxylation sites is 2. The van der Waals surface area contributed by atoms with E-state index in [0.717, 1.165) is 22.4 Å². The molecule has 0 unspecified atom stereocenters. The first kappa shape index (κ1) is 22.4. The fraction of sp³-hybridized carbons (Fsp3) is 0.261. The molecule has 0 atom stereocenters. The molecule has 0 spiro atoms. The molecule has 7 nitrogen and oxygen atoms in total. The molecule has 2 amide bonds. The van der Waals surface area contributed by atoms with Gasteiger partial charge in [-0.25, -0.2) is 0 Å². The molecule has 0 radical (unpaired) electrons. The van der Waals surface area contributed by atoms with Gasteiger partial charge < -0.3 is 14.2 Å². The third kappa shape index (κ3) is 6.36. The van der Waals surface area contributed by atoms with E-state index >= 15 is 0 Å². The van der Waals surface area contributed by atoms with Crippen LogP contribution in [0.3, 0.4) is 0 Å². The average molecular weight is 442 g/mol. The third-order valence-electron chi connectivity index (χ3n) is 4.09. The quantitative estimate of drug-likeness (QED) is 0.329. The third-order valence-corrected chi connectivity index (χ3v) is 4.99. The number of hydrogen-bond donors (Lipinski definition) is 0. The molecule has 162 valence electrons. The summed E-state index contributed by atoms with van der Waals surface area (Å²) in [6.07, 6.45) is 1.27. The van der Waals surface area contributed by atoms with Crippen LogP contribution in [0.1, 0.15) is 19.4 Å². The van der Waals surface area contributed by atoms with Gasteiger partial charge in [0.1, 0.15) is 31.3 Å². The highest BCUT2D eigenvalue weighted by atomic mass is 32.2. The lowest BCUT2D eigenvalue weighted by Gasteiger charge is -2.13. The van der Waals surface area contributed by atoms with Crippen LogP contribution in [0.25, 0.3) is 6.08 Å². The lowest BCUT2D eigenvalue weighted by atomic mass is 10.2. The highest BCUT2D eigenvalue weighted by Crippen LogP contribution is 2.33. The Kier molecular flexibility index (Phi) is 7.72. The second-order valence-electron chi connectivity index (χ2n) is 6.85. The molecule has 8 heteroatoms. The SMILES string of the molecule is CC(C)OC(=O)CN1C(=O)S/C(=C/c2ccccc2OCCOc2ccccc2)C1=O. The van der Waals surface area contributed by atoms with Gasteiger partial charge in [0.15, 0.2) is 0 Å². The van der Waals surface area contributed by atoms with Gasteiger partial charge in [0.25, 0.3) is 11.1 Å². The van der Waals surface area contributed by atoms with Crippen LogP contribution in [0.15, 0.2) is 59.5 Å². The minimum atomic E-state index is -0.624. The van der Waals surface area contributed by atoms with E-state index in [9.17, 15) is 14.4 Å². The maximum Gasteiger partial charge on any atom is 0.326 e. The summed E-state index contributed by atoms with van der Waals surface area (Å²) in [7, 11) is 0. The maximum atomic E-state index is 12.6. The predicted molar refractivity (Wildman–Crippen MR) is 118 cm³/mol. The van der Waals surface area contributed by atoms with E-state index in [4.69, 9.17) is 14.2 Å². The maximum absolute atomic E-state index is 12.6. The molecule has 1 aliphatic rings. The molecular weight excluding hydrogens is 418 g/mol. The van der Waals surface area contributed by atoms with Crippen molar-refractivity contribution in [1.82, 2.24) is 4.90 Å². The van der Waals surface area contributed by atoms with Crippen LogP contribution in [0.4, 0.5) is 4.79 Å². The highest BCUT2D eigenvalue weighted by Gasteiger charge is 2.37. The molecule has 0 bridgehead atoms. The molecular formula is C23H23NO6S. The summed E-state index contributed by atoms with van der Waals surface area (Å²) in [5.41, 5.74) is 0.650. The fourth-order valence-corrected chi connectivity index (χ4v) is 3.60. The Balaban J connectivity index is 1.63. The standard InChI is InChI=1S/C23H23NO6S/c1-16(2)30-21(25)15-24-22(26)20(31-23(24)27)14-17-8-6-7-11-19(17)29-13-12-28-18-9-4-3-5-10-18/h3-11,14,16H,12-13,15H2,1-2H3/b20-14+. The average Bonchev–Trinajstić information content (AvgIpc) is 3.00. The van der Waals surface area contributed by atoms with Crippen molar-refractivity contribution in [3.8, 4) is 11.5 Å². The molecule has 1 heterocycles. The fourth-order valence-electron chi connectivity index (χ4n) is 2.77. The summed E-state index contributed by atoms with van der Waals surface area (Å²) in [6, 6.07) is 16.6. The lowest BCUT2D eigenvalue weighted by molar-refractivity contribution is -0.149. The summed E-state index contributed by atoms with van der Waals surface area (Å²) in [6.45, 7) is 3.66. The minimum Gasteiger partial charge on any atom is -0.490 e. The second kappa shape index (κ2) is 10.7. The van der Waals surface area contributed by atoms with Gasteiger partial charge in [-0.05, 0) is 49.9 Å². The van der Waals surface area contributed by atoms with Crippen molar-refractivity contribution in [2.24, 2.45) is 0 Å². The Morgan fingerprint density at radius 2 is 1.68 bits per heavy atom. The van der Waals surface area contributed by atoms with Crippen LogP contribution >= 0.6 is 11.8 Å². The van der Waals surface area contributed by atoms with E-state index < -0.39 is 23.7 Å². The number of nitrogens with zero attached hydrogens (tertiary/aromatic N) is 1. The van der Waals surface area contributed by atoms with Crippen LogP contribution < -0.4 is 9.47 Å². The molecule has 0 saturated carbocycles. The largest absolute Gasteiger partial charge is 0.490 e. The summed E-state index contributed by atoms with van der Waals surface area (Å²) >= 11 is 0.782. The van der Waals surface area contributed by atoms with Gasteiger partial charge in [0, 0.05) is 5.56 Å². The highest BCUT2D eigenvalue weighted by molar-refractivity contribution is 8.18. The first-order chi connectivity index (χ1) is 14.9. The van der Waals surface area contributed by atoms with Crippen molar-refractivity contribution in [3.63, 3.8) is 0 Å². The number of ether oxygens (including phenoxy) is 3. The van der Waals surface area contributed by atoms with E-state index in [1.165, 1.54) is 0 Å². The van der Waals surface area contributed by atoms with Crippen molar-refractivity contribution >= 4 is 35.0 Å². The molecule has 1 saturated heterocycles. The van der Waals surface area contributed by atoms with Gasteiger partial charge in [-0.2, -0.15) is 0 Å². The van der Waals surface area contributed by atoms with Gasteiger partial charge in [0.05, 0.1) is 11.0 Å². The summed E-state index contributed by atoms with van der Waals surface area (Å²) in [5, 5.41) is -0.508. The Morgan fingerprint density at radius 3 is 2.42 bits per heavy atom. The number of thioether (sulfide) groups is 1. The van der Waals surface area contributed by atoms with E-state index in [0.29, 0.717) is 24.5 Å². The number of carbonyl (C=O) groups excluding carboxylic acids is 3. The van der Waals surface area contributed by atoms with Crippen molar-refractivity contribution in [3.05, 3.63) is 65.1 Å². The normalized spacial score (nSPS) is 14.9. The van der Waals surface area contributed by atoms with Gasteiger partial charge >= 0.3 is 5.97 Å². The molecule has 0 N–H and O–H groups in total. The monoisotopic (exact) mass is 441 g/mol. The lowest BCUT2D eigenvalue weighted by Crippen LogP contribution is -2.35. The number of esters is 1. The van der Waals surface area contributed by atoms with Crippen LogP contribution in [-0.2, 0) is 14.3 Å². The minimum absolute atomic E-state index is 0.221. The van der Waals surface area contributed by atoms with Gasteiger partial charge in [-0.15, -0.1) is 0 Å². The number of rotatable bonds is 9. The summed E-state index contributed by atoms with van der Waals surface area (Å²) in [4.78, 5) is 37.8. The van der Waals surface area contributed by atoms with E-state index in [-0.39, 0.29) is 11.0 Å². The zero-order valence-corrected chi connectivity index (χ0v) is 18.1. The molecule has 2 aromatic carbocycles. The van der Waals surface area contributed by atoms with Crippen molar-refractivity contribution in [2.75, 3.05) is 19.8 Å². The molecule has 31 heavy (non-hydrogen) atoms. The Labute approximate surface area is 185 Å². The van der Waals surface area contributed by atoms with Crippen LogP contribution in [0.2, 0.25) is 0 Å². The van der Waals surface area contributed by atoms with Gasteiger partial charge in [-0.1, -0.05) is 36.4 Å². The molecule has 0 aliphatic carbocycles. The Bertz CT molecular complexity index is 973. The number of benzene rings is 2. The zero-order valence-electron chi connectivity index (χ0n) is 17.3. The smallest absolute Gasteiger partial charge is 0.326 e. The van der Waals surface area contributed by atoms with Gasteiger partial charge in [-0.3, -0.25) is 19.3 Å². The topological polar surface area (TPSA) is 82.1 Å². The first-order valence-electron chi connectivity index (χ1n) is 9.78. The number of hydrogen-bond acceptors (Lipinski definition) is 7. The van der Waals surface area contributed by atoms with Crippen molar-refractivity contribution in [2.45, 2.75) is 20.0 Å². The number of carbonyl (C=O) groups is 3. The van der Waals surface area contributed by atoms with Crippen LogP contribution in [-0.4, -0.2) is 47.9 Å². The number of amides is 2. The molecule has 3 rings (SSSR count). The van der Waals surface area contributed by atoms with Crippen molar-refractivity contribution < 1.29 is 28.6 Å². The second-order valence-corrected chi connectivity index (χ2v) is 7.85. The number of imide groups is 1. The van der Waals surface area contributed by atoms with E-state index in [1.807, 2.05) is 42.5 Å². The first-order valence-corrected chi connectivity index (χ1v) is 10.6. The van der Waals surface area contributed by atoms with E-state index in [2.05, 4.69) is 0 Å². The molecule has 2 aromatic rings. The summed E-state index contributed by atoms with van der Waals surface area (Å²) < 4.78 is 16.4. The van der Waals surface area contributed by atoms with Crippen LogP contribution in [0.5, 0.6) is 11.5 Å². The van der Waals surface area contributed by atoms with Crippen LogP contribution in [0, 0.1) is 0 Å². The Hall–Kier alpha value is -3.26. The van der Waals surface area contributed by atoms with Gasteiger partial charge in [0.2, 0.25) is 0 Å². The Morgan fingerprint density at radius 1 is 1.00 bits per heavy atom. The summed E-state index contributed by atoms with van der Waals surface area (Å²) in [5.74, 6) is 0.160. The molecule has 0 aromatic heterocycles.